The van der Waals surface area contributed by atoms with Crippen molar-refractivity contribution >= 4 is 33.1 Å². The zero-order valence-corrected chi connectivity index (χ0v) is 17.1. The zero-order chi connectivity index (χ0) is 21.1. The Morgan fingerprint density at radius 3 is 2.57 bits per heavy atom. The van der Waals surface area contributed by atoms with Crippen molar-refractivity contribution in [2.24, 2.45) is 0 Å². The Balaban J connectivity index is 0.000000687. The maximum absolute atomic E-state index is 13.4. The Bertz CT molecular complexity index is 1170. The molecule has 5 rings (SSSR count). The SMILES string of the molecule is O=CO.O=S(=O)(c1cccc2c1OCC2)n1ccc2c(N3CCNCC3)cccc21. The Morgan fingerprint density at radius 1 is 1.07 bits per heavy atom. The Kier molecular flexibility index (Phi) is 5.65. The van der Waals surface area contributed by atoms with Gasteiger partial charge in [0.05, 0.1) is 12.1 Å². The monoisotopic (exact) mass is 429 g/mol. The van der Waals surface area contributed by atoms with Crippen molar-refractivity contribution in [1.82, 2.24) is 9.29 Å². The van der Waals surface area contributed by atoms with Crippen molar-refractivity contribution in [2.45, 2.75) is 11.3 Å². The maximum Gasteiger partial charge on any atom is 0.290 e. The number of piperazine rings is 1. The first-order chi connectivity index (χ1) is 14.6. The van der Waals surface area contributed by atoms with Gasteiger partial charge in [0.25, 0.3) is 16.5 Å². The van der Waals surface area contributed by atoms with Crippen LogP contribution in [0.3, 0.4) is 0 Å². The average molecular weight is 429 g/mol. The maximum atomic E-state index is 13.4. The summed E-state index contributed by atoms with van der Waals surface area (Å²) in [7, 11) is -3.73. The number of hydrogen-bond acceptors (Lipinski definition) is 6. The van der Waals surface area contributed by atoms with Crippen molar-refractivity contribution in [3.63, 3.8) is 0 Å². The summed E-state index contributed by atoms with van der Waals surface area (Å²) in [4.78, 5) is 10.9. The summed E-state index contributed by atoms with van der Waals surface area (Å²) in [6, 6.07) is 13.1. The van der Waals surface area contributed by atoms with Crippen LogP contribution < -0.4 is 15.0 Å². The van der Waals surface area contributed by atoms with Gasteiger partial charge >= 0.3 is 0 Å². The molecule has 2 aliphatic heterocycles. The minimum absolute atomic E-state index is 0.238. The summed E-state index contributed by atoms with van der Waals surface area (Å²) in [5.74, 6) is 0.498. The molecule has 0 aliphatic carbocycles. The summed E-state index contributed by atoms with van der Waals surface area (Å²) >= 11 is 0. The standard InChI is InChI=1S/C20H21N3O3S.CH2O2/c24-27(25,19-6-1-3-15-8-14-26-20(15)19)23-11-7-16-17(4-2-5-18(16)23)22-12-9-21-10-13-22;2-1-3/h1-7,11,21H,8-10,12-14H2;1H,(H,2,3). The molecule has 9 heteroatoms. The lowest BCUT2D eigenvalue weighted by Gasteiger charge is -2.30. The number of anilines is 1. The second-order valence-corrected chi connectivity index (χ2v) is 8.80. The van der Waals surface area contributed by atoms with Gasteiger partial charge in [-0.1, -0.05) is 18.2 Å². The normalized spacial score (nSPS) is 15.8. The van der Waals surface area contributed by atoms with Gasteiger partial charge in [0.15, 0.2) is 0 Å². The smallest absolute Gasteiger partial charge is 0.290 e. The van der Waals surface area contributed by atoms with Gasteiger partial charge < -0.3 is 20.1 Å². The number of benzene rings is 2. The second kappa shape index (κ2) is 8.37. The highest BCUT2D eigenvalue weighted by Gasteiger charge is 2.28. The summed E-state index contributed by atoms with van der Waals surface area (Å²) in [5, 5.41) is 11.2. The summed E-state index contributed by atoms with van der Waals surface area (Å²) in [5.41, 5.74) is 2.73. The lowest BCUT2D eigenvalue weighted by Crippen LogP contribution is -2.43. The topological polar surface area (TPSA) is 101 Å². The largest absolute Gasteiger partial charge is 0.492 e. The van der Waals surface area contributed by atoms with E-state index in [9.17, 15) is 8.42 Å². The fourth-order valence-electron chi connectivity index (χ4n) is 4.01. The van der Waals surface area contributed by atoms with Crippen LogP contribution in [0.2, 0.25) is 0 Å². The van der Waals surface area contributed by atoms with Crippen LogP contribution in [0.15, 0.2) is 53.6 Å². The second-order valence-electron chi connectivity index (χ2n) is 7.01. The van der Waals surface area contributed by atoms with Crippen molar-refractivity contribution in [3.05, 3.63) is 54.2 Å². The molecule has 0 atom stereocenters. The molecule has 2 aromatic carbocycles. The van der Waals surface area contributed by atoms with E-state index in [0.29, 0.717) is 17.9 Å². The Morgan fingerprint density at radius 2 is 1.80 bits per heavy atom. The number of nitrogens with one attached hydrogen (secondary N) is 1. The molecule has 0 unspecified atom stereocenters. The van der Waals surface area contributed by atoms with Crippen LogP contribution in [0.1, 0.15) is 5.56 Å². The van der Waals surface area contributed by atoms with E-state index in [1.807, 2.05) is 24.3 Å². The molecule has 0 bridgehead atoms. The van der Waals surface area contributed by atoms with Crippen LogP contribution in [0.25, 0.3) is 10.9 Å². The molecule has 0 radical (unpaired) electrons. The van der Waals surface area contributed by atoms with E-state index in [-0.39, 0.29) is 11.4 Å². The van der Waals surface area contributed by atoms with Gasteiger partial charge in [0, 0.05) is 49.9 Å². The van der Waals surface area contributed by atoms with Gasteiger partial charge in [0.2, 0.25) is 0 Å². The zero-order valence-electron chi connectivity index (χ0n) is 16.3. The quantitative estimate of drug-likeness (QED) is 0.614. The number of ether oxygens (including phenoxy) is 1. The highest BCUT2D eigenvalue weighted by atomic mass is 32.2. The molecule has 8 nitrogen and oxygen atoms in total. The molecule has 0 amide bonds. The minimum Gasteiger partial charge on any atom is -0.492 e. The van der Waals surface area contributed by atoms with Gasteiger partial charge in [-0.3, -0.25) is 4.79 Å². The number of hydrogen-bond donors (Lipinski definition) is 2. The molecule has 30 heavy (non-hydrogen) atoms. The first kappa shape index (κ1) is 20.2. The Hall–Kier alpha value is -3.04. The van der Waals surface area contributed by atoms with Crippen LogP contribution in [0.5, 0.6) is 5.75 Å². The summed E-state index contributed by atoms with van der Waals surface area (Å²) < 4.78 is 33.8. The first-order valence-corrected chi connectivity index (χ1v) is 11.2. The predicted molar refractivity (Wildman–Crippen MR) is 114 cm³/mol. The summed E-state index contributed by atoms with van der Waals surface area (Å²) in [6.07, 6.45) is 2.40. The van der Waals surface area contributed by atoms with Crippen LogP contribution in [0, 0.1) is 0 Å². The third kappa shape index (κ3) is 3.50. The van der Waals surface area contributed by atoms with Crippen molar-refractivity contribution in [2.75, 3.05) is 37.7 Å². The fraction of sp³-hybridized carbons (Fsp3) is 0.286. The molecule has 0 saturated carbocycles. The van der Waals surface area contributed by atoms with Gasteiger partial charge in [0.1, 0.15) is 10.6 Å². The number of rotatable bonds is 3. The van der Waals surface area contributed by atoms with E-state index in [0.717, 1.165) is 49.2 Å². The van der Waals surface area contributed by atoms with Crippen LogP contribution in [-0.2, 0) is 21.2 Å². The number of carboxylic acid groups (broad SMARTS) is 1. The first-order valence-electron chi connectivity index (χ1n) is 9.72. The molecule has 158 valence electrons. The molecule has 2 aliphatic rings. The minimum atomic E-state index is -3.73. The highest BCUT2D eigenvalue weighted by molar-refractivity contribution is 7.90. The fourth-order valence-corrected chi connectivity index (χ4v) is 5.54. The third-order valence-corrected chi connectivity index (χ3v) is 7.06. The summed E-state index contributed by atoms with van der Waals surface area (Å²) in [6.45, 7) is 3.97. The number of nitrogens with zero attached hydrogens (tertiary/aromatic N) is 2. The lowest BCUT2D eigenvalue weighted by molar-refractivity contribution is -0.122. The van der Waals surface area contributed by atoms with E-state index < -0.39 is 10.0 Å². The van der Waals surface area contributed by atoms with E-state index in [1.165, 1.54) is 3.97 Å². The van der Waals surface area contributed by atoms with Crippen molar-refractivity contribution < 1.29 is 23.1 Å². The molecule has 0 spiro atoms. The third-order valence-electron chi connectivity index (χ3n) is 5.35. The van der Waals surface area contributed by atoms with Gasteiger partial charge in [-0.25, -0.2) is 12.4 Å². The van der Waals surface area contributed by atoms with E-state index in [2.05, 4.69) is 16.3 Å². The van der Waals surface area contributed by atoms with Gasteiger partial charge in [-0.05, 0) is 29.8 Å². The van der Waals surface area contributed by atoms with Crippen LogP contribution >= 0.6 is 0 Å². The predicted octanol–water partition coefficient (Wildman–Crippen LogP) is 1.92. The Labute approximate surface area is 174 Å². The molecule has 3 aromatic rings. The molecular weight excluding hydrogens is 406 g/mol. The number of aromatic nitrogens is 1. The number of para-hydroxylation sites is 1. The van der Waals surface area contributed by atoms with E-state index >= 15 is 0 Å². The van der Waals surface area contributed by atoms with Crippen LogP contribution in [-0.4, -0.2) is 56.8 Å². The number of fused-ring (bicyclic) bond motifs is 2. The van der Waals surface area contributed by atoms with E-state index in [1.54, 1.807) is 18.3 Å². The molecule has 1 aromatic heterocycles. The van der Waals surface area contributed by atoms with Gasteiger partial charge in [-0.15, -0.1) is 0 Å². The van der Waals surface area contributed by atoms with Crippen molar-refractivity contribution in [1.29, 1.82) is 0 Å². The molecule has 3 heterocycles. The van der Waals surface area contributed by atoms with Gasteiger partial charge in [-0.2, -0.15) is 0 Å². The highest BCUT2D eigenvalue weighted by Crippen LogP contribution is 2.36. The molecule has 1 fully saturated rings. The van der Waals surface area contributed by atoms with E-state index in [4.69, 9.17) is 14.6 Å². The van der Waals surface area contributed by atoms with Crippen molar-refractivity contribution in [3.8, 4) is 5.75 Å². The molecule has 2 N–H and O–H groups in total. The molecular formula is C21H23N3O5S. The van der Waals surface area contributed by atoms with Crippen LogP contribution in [0.4, 0.5) is 5.69 Å². The number of carbonyl (C=O) groups is 1. The molecule has 1 saturated heterocycles. The lowest BCUT2D eigenvalue weighted by atomic mass is 10.2. The average Bonchev–Trinajstić information content (AvgIpc) is 3.41.